The number of ether oxygens (including phenoxy) is 3. The van der Waals surface area contributed by atoms with Crippen molar-refractivity contribution in [2.24, 2.45) is 4.99 Å². The molecule has 2 amide bonds. The van der Waals surface area contributed by atoms with Gasteiger partial charge in [-0.2, -0.15) is 15.0 Å². The summed E-state index contributed by atoms with van der Waals surface area (Å²) in [5, 5.41) is 5.40. The number of fused-ring (bicyclic) bond motifs is 4. The van der Waals surface area contributed by atoms with Crippen LogP contribution >= 0.6 is 11.6 Å². The van der Waals surface area contributed by atoms with E-state index in [-0.39, 0.29) is 42.0 Å². The van der Waals surface area contributed by atoms with Gasteiger partial charge in [0.1, 0.15) is 28.2 Å². The molecule has 270 valence electrons. The number of carbonyl (C=O) groups is 2. The summed E-state index contributed by atoms with van der Waals surface area (Å²) < 4.78 is 33.6. The summed E-state index contributed by atoms with van der Waals surface area (Å²) in [6.45, 7) is 12.5. The summed E-state index contributed by atoms with van der Waals surface area (Å²) in [6.07, 6.45) is 4.00. The second kappa shape index (κ2) is 14.5. The Bertz CT molecular complexity index is 1960. The van der Waals surface area contributed by atoms with Crippen molar-refractivity contribution < 1.29 is 28.2 Å². The standard InChI is InChI=1S/C37H43ClFN7O5/c1-36(2,3)50-34(47)42-21-40-16-9-17-49-33-43-31-26(18-41-30(29(31)39)25-12-7-10-22-11-8-13-27(38)28(22)25)32(44-33)45-19-23-14-15-24(20-45)46(23)35(48)51-37(4,5)6/h7-8,10-13,18,21,23-24H,9,14-17,19-20H2,1-6H3,(H,40,42,47). The molecule has 4 heterocycles. The Morgan fingerprint density at radius 1 is 1.02 bits per heavy atom. The van der Waals surface area contributed by atoms with E-state index in [1.807, 2.05) is 49.9 Å². The number of nitrogens with one attached hydrogen (secondary N) is 1. The van der Waals surface area contributed by atoms with Gasteiger partial charge in [-0.05, 0) is 72.3 Å². The minimum Gasteiger partial charge on any atom is -0.463 e. The topological polar surface area (TPSA) is 131 Å². The Morgan fingerprint density at radius 3 is 2.39 bits per heavy atom. The summed E-state index contributed by atoms with van der Waals surface area (Å²) >= 11 is 6.61. The van der Waals surface area contributed by atoms with Crippen molar-refractivity contribution in [3.8, 4) is 17.3 Å². The third-order valence-corrected chi connectivity index (χ3v) is 8.80. The van der Waals surface area contributed by atoms with Gasteiger partial charge in [0.2, 0.25) is 0 Å². The zero-order chi connectivity index (χ0) is 36.5. The first-order valence-electron chi connectivity index (χ1n) is 17.1. The van der Waals surface area contributed by atoms with Gasteiger partial charge in [-0.25, -0.2) is 14.0 Å². The molecule has 2 atom stereocenters. The highest BCUT2D eigenvalue weighted by Gasteiger charge is 2.45. The molecule has 4 aromatic rings. The van der Waals surface area contributed by atoms with Gasteiger partial charge in [-0.3, -0.25) is 9.88 Å². The zero-order valence-corrected chi connectivity index (χ0v) is 30.5. The molecule has 0 radical (unpaired) electrons. The van der Waals surface area contributed by atoms with E-state index in [1.54, 1.807) is 39.1 Å². The molecule has 51 heavy (non-hydrogen) atoms. The van der Waals surface area contributed by atoms with Crippen LogP contribution in [0.15, 0.2) is 47.6 Å². The minimum atomic E-state index is -0.689. The third-order valence-electron chi connectivity index (χ3n) is 8.49. The highest BCUT2D eigenvalue weighted by molar-refractivity contribution is 6.36. The highest BCUT2D eigenvalue weighted by Crippen LogP contribution is 2.39. The molecule has 14 heteroatoms. The van der Waals surface area contributed by atoms with Crippen LogP contribution in [0, 0.1) is 5.82 Å². The maximum atomic E-state index is 16.7. The Balaban J connectivity index is 1.28. The SMILES string of the molecule is CC(C)(C)OC(=O)N=CNCCCOc1nc(N2CC3CCC(C2)N3C(=O)OC(C)(C)C)c2cnc(-c3cccc4cccc(Cl)c34)c(F)c2n1. The Hall–Kier alpha value is -4.78. The molecule has 2 aromatic heterocycles. The first kappa shape index (κ1) is 36.0. The zero-order valence-electron chi connectivity index (χ0n) is 29.7. The van der Waals surface area contributed by atoms with Gasteiger partial charge in [-0.15, -0.1) is 0 Å². The van der Waals surface area contributed by atoms with Crippen LogP contribution in [0.5, 0.6) is 6.01 Å². The van der Waals surface area contributed by atoms with Crippen molar-refractivity contribution >= 4 is 57.6 Å². The fourth-order valence-electron chi connectivity index (χ4n) is 6.49. The number of carbonyl (C=O) groups excluding carboxylic acids is 2. The van der Waals surface area contributed by atoms with E-state index < -0.39 is 23.1 Å². The van der Waals surface area contributed by atoms with Gasteiger partial charge in [0.25, 0.3) is 0 Å². The van der Waals surface area contributed by atoms with E-state index in [1.165, 1.54) is 6.34 Å². The Labute approximate surface area is 301 Å². The molecule has 0 saturated carbocycles. The molecule has 2 bridgehead atoms. The molecule has 2 aliphatic heterocycles. The third kappa shape index (κ3) is 8.24. The lowest BCUT2D eigenvalue weighted by Gasteiger charge is -2.42. The molecule has 0 aliphatic carbocycles. The van der Waals surface area contributed by atoms with Crippen LogP contribution in [-0.2, 0) is 9.47 Å². The van der Waals surface area contributed by atoms with E-state index in [4.69, 9.17) is 30.8 Å². The Morgan fingerprint density at radius 2 is 1.71 bits per heavy atom. The second-order valence-electron chi connectivity index (χ2n) is 14.7. The number of benzene rings is 2. The lowest BCUT2D eigenvalue weighted by molar-refractivity contribution is 0.0122. The number of halogens is 2. The van der Waals surface area contributed by atoms with Crippen LogP contribution in [-0.4, -0.2) is 87.9 Å². The quantitative estimate of drug-likeness (QED) is 0.111. The molecular weight excluding hydrogens is 677 g/mol. The van der Waals surface area contributed by atoms with Crippen molar-refractivity contribution in [1.82, 2.24) is 25.2 Å². The fourth-order valence-corrected chi connectivity index (χ4v) is 6.77. The number of aliphatic imine (C=N–C) groups is 1. The first-order chi connectivity index (χ1) is 24.2. The molecule has 2 aromatic carbocycles. The van der Waals surface area contributed by atoms with E-state index >= 15 is 4.39 Å². The summed E-state index contributed by atoms with van der Waals surface area (Å²) in [5.74, 6) is -0.143. The second-order valence-corrected chi connectivity index (χ2v) is 15.1. The highest BCUT2D eigenvalue weighted by atomic mass is 35.5. The maximum absolute atomic E-state index is 16.7. The number of pyridine rings is 1. The van der Waals surface area contributed by atoms with E-state index in [9.17, 15) is 9.59 Å². The number of hydrogen-bond donors (Lipinski definition) is 1. The van der Waals surface area contributed by atoms with Crippen LogP contribution in [0.2, 0.25) is 5.02 Å². The maximum Gasteiger partial charge on any atom is 0.435 e. The van der Waals surface area contributed by atoms with Crippen LogP contribution < -0.4 is 15.0 Å². The van der Waals surface area contributed by atoms with Gasteiger partial charge in [0.05, 0.1) is 30.4 Å². The van der Waals surface area contributed by atoms with Crippen LogP contribution in [0.25, 0.3) is 32.9 Å². The van der Waals surface area contributed by atoms with Crippen LogP contribution in [0.3, 0.4) is 0 Å². The number of rotatable bonds is 8. The lowest BCUT2D eigenvalue weighted by Crippen LogP contribution is -2.57. The largest absolute Gasteiger partial charge is 0.463 e. The van der Waals surface area contributed by atoms with E-state index in [0.717, 1.165) is 18.2 Å². The average Bonchev–Trinajstić information content (AvgIpc) is 3.32. The molecule has 12 nitrogen and oxygen atoms in total. The average molecular weight is 720 g/mol. The minimum absolute atomic E-state index is 0.00819. The smallest absolute Gasteiger partial charge is 0.435 e. The van der Waals surface area contributed by atoms with Crippen molar-refractivity contribution in [2.45, 2.75) is 84.1 Å². The number of anilines is 1. The molecule has 1 N–H and O–H groups in total. The first-order valence-corrected chi connectivity index (χ1v) is 17.5. The number of piperazine rings is 1. The lowest BCUT2D eigenvalue weighted by atomic mass is 10.0. The number of hydrogen-bond acceptors (Lipinski definition) is 9. The van der Waals surface area contributed by atoms with Crippen LogP contribution in [0.1, 0.15) is 60.8 Å². The number of aromatic nitrogens is 3. The van der Waals surface area contributed by atoms with E-state index in [2.05, 4.69) is 25.2 Å². The van der Waals surface area contributed by atoms with Crippen molar-refractivity contribution in [3.63, 3.8) is 0 Å². The predicted molar refractivity (Wildman–Crippen MR) is 195 cm³/mol. The number of amides is 2. The van der Waals surface area contributed by atoms with Crippen molar-refractivity contribution in [3.05, 3.63) is 53.4 Å². The molecule has 2 fully saturated rings. The predicted octanol–water partition coefficient (Wildman–Crippen LogP) is 7.55. The van der Waals surface area contributed by atoms with E-state index in [0.29, 0.717) is 53.2 Å². The van der Waals surface area contributed by atoms with Gasteiger partial charge >= 0.3 is 18.2 Å². The van der Waals surface area contributed by atoms with Gasteiger partial charge in [0, 0.05) is 41.8 Å². The fraction of sp³-hybridized carbons (Fsp3) is 0.459. The summed E-state index contributed by atoms with van der Waals surface area (Å²) in [7, 11) is 0. The summed E-state index contributed by atoms with van der Waals surface area (Å²) in [5.41, 5.74) is -0.528. The normalized spacial score (nSPS) is 17.7. The van der Waals surface area contributed by atoms with Gasteiger partial charge in [0.15, 0.2) is 5.82 Å². The molecule has 2 unspecified atom stereocenters. The summed E-state index contributed by atoms with van der Waals surface area (Å²) in [6, 6.07) is 10.9. The van der Waals surface area contributed by atoms with Crippen molar-refractivity contribution in [1.29, 1.82) is 0 Å². The Kier molecular flexibility index (Phi) is 10.2. The molecule has 6 rings (SSSR count). The molecule has 2 saturated heterocycles. The molecule has 0 spiro atoms. The number of nitrogens with zero attached hydrogens (tertiary/aromatic N) is 6. The monoisotopic (exact) mass is 719 g/mol. The molecule has 2 aliphatic rings. The van der Waals surface area contributed by atoms with Gasteiger partial charge < -0.3 is 24.4 Å². The summed E-state index contributed by atoms with van der Waals surface area (Å²) in [4.78, 5) is 46.5. The van der Waals surface area contributed by atoms with Gasteiger partial charge in [-0.1, -0.05) is 41.9 Å². The van der Waals surface area contributed by atoms with Crippen LogP contribution in [0.4, 0.5) is 19.8 Å². The molecular formula is C37H43ClFN7O5. The van der Waals surface area contributed by atoms with Crippen molar-refractivity contribution in [2.75, 3.05) is 31.1 Å².